The fraction of sp³-hybridized carbons (Fsp3) is 0.357. The van der Waals surface area contributed by atoms with Crippen LogP contribution in [0.5, 0.6) is 0 Å². The summed E-state index contributed by atoms with van der Waals surface area (Å²) < 4.78 is 0. The van der Waals surface area contributed by atoms with Crippen LogP contribution in [0.15, 0.2) is 36.8 Å². The van der Waals surface area contributed by atoms with Crippen LogP contribution in [0.1, 0.15) is 30.0 Å². The minimum atomic E-state index is 0.352. The Morgan fingerprint density at radius 3 is 2.84 bits per heavy atom. The van der Waals surface area contributed by atoms with E-state index in [4.69, 9.17) is 5.73 Å². The van der Waals surface area contributed by atoms with E-state index < -0.39 is 0 Å². The second-order valence-electron chi connectivity index (χ2n) is 4.72. The first-order chi connectivity index (χ1) is 9.40. The minimum Gasteiger partial charge on any atom is -0.348 e. The van der Waals surface area contributed by atoms with Gasteiger partial charge in [0.2, 0.25) is 0 Å². The lowest BCUT2D eigenvalue weighted by molar-refractivity contribution is 0.699. The summed E-state index contributed by atoms with van der Waals surface area (Å²) in [5, 5.41) is 8.29. The van der Waals surface area contributed by atoms with Gasteiger partial charge in [-0.3, -0.25) is 4.98 Å². The van der Waals surface area contributed by atoms with Crippen LogP contribution in [0.3, 0.4) is 0 Å². The third-order valence-electron chi connectivity index (χ3n) is 3.62. The van der Waals surface area contributed by atoms with Crippen LogP contribution >= 0.6 is 0 Å². The molecule has 98 valence electrons. The highest BCUT2D eigenvalue weighted by Crippen LogP contribution is 2.35. The van der Waals surface area contributed by atoms with Crippen LogP contribution in [0.2, 0.25) is 0 Å². The molecule has 1 unspecified atom stereocenters. The fourth-order valence-corrected chi connectivity index (χ4v) is 2.70. The van der Waals surface area contributed by atoms with Crippen molar-refractivity contribution in [1.29, 1.82) is 0 Å². The van der Waals surface area contributed by atoms with Crippen molar-refractivity contribution in [3.05, 3.63) is 47.9 Å². The second-order valence-corrected chi connectivity index (χ2v) is 4.72. The summed E-state index contributed by atoms with van der Waals surface area (Å²) in [6, 6.07) is 6.44. The molecule has 3 rings (SSSR count). The van der Waals surface area contributed by atoms with Crippen molar-refractivity contribution >= 4 is 5.82 Å². The first-order valence-corrected chi connectivity index (χ1v) is 6.57. The molecule has 1 fully saturated rings. The van der Waals surface area contributed by atoms with Crippen molar-refractivity contribution < 1.29 is 0 Å². The molecule has 1 aliphatic heterocycles. The van der Waals surface area contributed by atoms with Crippen molar-refractivity contribution in [3.8, 4) is 0 Å². The van der Waals surface area contributed by atoms with Crippen LogP contribution in [-0.2, 0) is 6.54 Å². The second kappa shape index (κ2) is 5.32. The number of hydrogen-bond acceptors (Lipinski definition) is 5. The average molecular weight is 255 g/mol. The molecule has 3 heterocycles. The number of anilines is 1. The lowest BCUT2D eigenvalue weighted by Gasteiger charge is -2.27. The van der Waals surface area contributed by atoms with Gasteiger partial charge in [-0.15, -0.1) is 5.10 Å². The largest absolute Gasteiger partial charge is 0.348 e. The van der Waals surface area contributed by atoms with E-state index in [1.165, 1.54) is 5.56 Å². The van der Waals surface area contributed by atoms with Crippen molar-refractivity contribution in [2.75, 3.05) is 11.4 Å². The normalized spacial score (nSPS) is 18.8. The van der Waals surface area contributed by atoms with Gasteiger partial charge >= 0.3 is 0 Å². The number of nitrogens with two attached hydrogens (primary N) is 1. The molecule has 19 heavy (non-hydrogen) atoms. The Labute approximate surface area is 112 Å². The molecule has 0 aromatic carbocycles. The number of rotatable bonds is 3. The minimum absolute atomic E-state index is 0.352. The van der Waals surface area contributed by atoms with Crippen LogP contribution in [0, 0.1) is 0 Å². The molecule has 1 atom stereocenters. The quantitative estimate of drug-likeness (QED) is 0.903. The monoisotopic (exact) mass is 255 g/mol. The molecule has 2 aromatic heterocycles. The summed E-state index contributed by atoms with van der Waals surface area (Å²) >= 11 is 0. The van der Waals surface area contributed by atoms with Gasteiger partial charge in [0.05, 0.1) is 12.2 Å². The molecule has 0 aliphatic carbocycles. The summed E-state index contributed by atoms with van der Waals surface area (Å²) in [5.74, 6) is 0.921. The zero-order valence-corrected chi connectivity index (χ0v) is 10.7. The molecule has 0 amide bonds. The highest BCUT2D eigenvalue weighted by atomic mass is 15.3. The maximum absolute atomic E-state index is 5.80. The van der Waals surface area contributed by atoms with Gasteiger partial charge in [0, 0.05) is 31.0 Å². The fourth-order valence-electron chi connectivity index (χ4n) is 2.70. The topological polar surface area (TPSA) is 67.9 Å². The van der Waals surface area contributed by atoms with Gasteiger partial charge in [0.1, 0.15) is 0 Å². The van der Waals surface area contributed by atoms with E-state index in [1.807, 2.05) is 18.5 Å². The zero-order valence-electron chi connectivity index (χ0n) is 10.7. The molecule has 2 N–H and O–H groups in total. The maximum atomic E-state index is 5.80. The van der Waals surface area contributed by atoms with Crippen LogP contribution in [-0.4, -0.2) is 21.7 Å². The highest BCUT2D eigenvalue weighted by Gasteiger charge is 2.28. The Morgan fingerprint density at radius 1 is 1.21 bits per heavy atom. The first-order valence-electron chi connectivity index (χ1n) is 6.57. The lowest BCUT2D eigenvalue weighted by Crippen LogP contribution is -2.25. The van der Waals surface area contributed by atoms with Gasteiger partial charge in [-0.25, -0.2) is 0 Å². The first kappa shape index (κ1) is 12.0. The van der Waals surface area contributed by atoms with Crippen molar-refractivity contribution in [1.82, 2.24) is 15.2 Å². The van der Waals surface area contributed by atoms with Gasteiger partial charge in [-0.2, -0.15) is 5.10 Å². The Balaban J connectivity index is 1.95. The standard InChI is InChI=1S/C14H17N5/c15-10-12-5-8-17-18-14(12)19-9-1-2-13(19)11-3-6-16-7-4-11/h3-8,13H,1-2,9-10,15H2. The predicted octanol–water partition coefficient (Wildman–Crippen LogP) is 1.67. The average Bonchev–Trinajstić information content (AvgIpc) is 2.97. The van der Waals surface area contributed by atoms with Gasteiger partial charge < -0.3 is 10.6 Å². The molecule has 1 saturated heterocycles. The van der Waals surface area contributed by atoms with Crippen LogP contribution in [0.4, 0.5) is 5.82 Å². The van der Waals surface area contributed by atoms with E-state index in [9.17, 15) is 0 Å². The number of aromatic nitrogens is 3. The van der Waals surface area contributed by atoms with Crippen LogP contribution < -0.4 is 10.6 Å². The Morgan fingerprint density at radius 2 is 2.05 bits per heavy atom. The summed E-state index contributed by atoms with van der Waals surface area (Å²) in [5.41, 5.74) is 8.13. The molecule has 0 spiro atoms. The smallest absolute Gasteiger partial charge is 0.156 e. The summed E-state index contributed by atoms with van der Waals surface area (Å²) in [4.78, 5) is 6.39. The van der Waals surface area contributed by atoms with E-state index in [0.29, 0.717) is 12.6 Å². The number of nitrogens with zero attached hydrogens (tertiary/aromatic N) is 4. The number of pyridine rings is 1. The Kier molecular flexibility index (Phi) is 3.37. The molecule has 5 heteroatoms. The van der Waals surface area contributed by atoms with Gasteiger partial charge in [-0.1, -0.05) is 0 Å². The number of hydrogen-bond donors (Lipinski definition) is 1. The van der Waals surface area contributed by atoms with E-state index in [0.717, 1.165) is 30.8 Å². The third-order valence-corrected chi connectivity index (χ3v) is 3.62. The van der Waals surface area contributed by atoms with Crippen molar-refractivity contribution in [2.24, 2.45) is 5.73 Å². The molecular formula is C14H17N5. The van der Waals surface area contributed by atoms with Gasteiger partial charge in [0.15, 0.2) is 5.82 Å². The summed E-state index contributed by atoms with van der Waals surface area (Å²) in [6.45, 7) is 1.49. The Hall–Kier alpha value is -2.01. The molecule has 0 radical (unpaired) electrons. The predicted molar refractivity (Wildman–Crippen MR) is 73.5 cm³/mol. The van der Waals surface area contributed by atoms with Gasteiger partial charge in [0.25, 0.3) is 0 Å². The van der Waals surface area contributed by atoms with E-state index >= 15 is 0 Å². The molecule has 5 nitrogen and oxygen atoms in total. The molecule has 0 bridgehead atoms. The highest BCUT2D eigenvalue weighted by molar-refractivity contribution is 5.49. The van der Waals surface area contributed by atoms with Gasteiger partial charge in [-0.05, 0) is 36.6 Å². The van der Waals surface area contributed by atoms with E-state index in [1.54, 1.807) is 6.20 Å². The Bertz CT molecular complexity index is 543. The maximum Gasteiger partial charge on any atom is 0.156 e. The molecule has 2 aromatic rings. The van der Waals surface area contributed by atoms with Crippen molar-refractivity contribution in [3.63, 3.8) is 0 Å². The summed E-state index contributed by atoms with van der Waals surface area (Å²) in [6.07, 6.45) is 7.67. The van der Waals surface area contributed by atoms with Crippen LogP contribution in [0.25, 0.3) is 0 Å². The third kappa shape index (κ3) is 2.29. The molecule has 1 aliphatic rings. The van der Waals surface area contributed by atoms with E-state index in [-0.39, 0.29) is 0 Å². The molecule has 0 saturated carbocycles. The lowest BCUT2D eigenvalue weighted by atomic mass is 10.1. The van der Waals surface area contributed by atoms with E-state index in [2.05, 4.69) is 32.2 Å². The zero-order chi connectivity index (χ0) is 13.1. The SMILES string of the molecule is NCc1ccnnc1N1CCCC1c1ccncc1. The summed E-state index contributed by atoms with van der Waals surface area (Å²) in [7, 11) is 0. The van der Waals surface area contributed by atoms with Crippen molar-refractivity contribution in [2.45, 2.75) is 25.4 Å². The molecular weight excluding hydrogens is 238 g/mol.